The molecule has 1 atom stereocenters. The zero-order valence-corrected chi connectivity index (χ0v) is 15.1. The molecule has 0 bridgehead atoms. The van der Waals surface area contributed by atoms with Gasteiger partial charge in [0, 0.05) is 12.6 Å². The summed E-state index contributed by atoms with van der Waals surface area (Å²) in [7, 11) is 0. The molecule has 0 saturated carbocycles. The van der Waals surface area contributed by atoms with Crippen LogP contribution < -0.4 is 10.6 Å². The first-order valence-electron chi connectivity index (χ1n) is 8.60. The number of carbonyl (C=O) groups is 3. The summed E-state index contributed by atoms with van der Waals surface area (Å²) < 4.78 is 0. The van der Waals surface area contributed by atoms with Crippen LogP contribution in [0.2, 0.25) is 0 Å². The second-order valence-electron chi connectivity index (χ2n) is 6.22. The Hall–Kier alpha value is -3.48. The largest absolute Gasteiger partial charge is 0.346 e. The number of nitrogens with one attached hydrogen (secondary N) is 2. The molecule has 0 radical (unpaired) electrons. The number of hydrogen-bond acceptors (Lipinski definition) is 4. The number of nitrogens with zero attached hydrogens (tertiary/aromatic N) is 2. The van der Waals surface area contributed by atoms with Gasteiger partial charge >= 0.3 is 6.03 Å². The van der Waals surface area contributed by atoms with Crippen LogP contribution in [0.5, 0.6) is 0 Å². The molecule has 3 rings (SSSR count). The number of imide groups is 1. The maximum atomic E-state index is 12.9. The van der Waals surface area contributed by atoms with Crippen LogP contribution in [0.25, 0.3) is 0 Å². The number of anilines is 1. The van der Waals surface area contributed by atoms with Gasteiger partial charge in [0.05, 0.1) is 6.21 Å². The Morgan fingerprint density at radius 2 is 1.81 bits per heavy atom. The van der Waals surface area contributed by atoms with E-state index in [1.165, 1.54) is 13.1 Å². The van der Waals surface area contributed by atoms with Crippen LogP contribution in [0, 0.1) is 0 Å². The van der Waals surface area contributed by atoms with Crippen molar-refractivity contribution < 1.29 is 14.4 Å². The molecule has 1 aliphatic heterocycles. The van der Waals surface area contributed by atoms with Crippen LogP contribution >= 0.6 is 0 Å². The number of benzene rings is 2. The maximum absolute atomic E-state index is 12.9. The van der Waals surface area contributed by atoms with E-state index in [-0.39, 0.29) is 5.91 Å². The van der Waals surface area contributed by atoms with Crippen molar-refractivity contribution in [3.05, 3.63) is 65.7 Å². The molecule has 1 aliphatic rings. The molecule has 2 N–H and O–H groups in total. The number of urea groups is 1. The Labute approximate surface area is 157 Å². The number of hydrazone groups is 1. The monoisotopic (exact) mass is 364 g/mol. The number of amides is 4. The second kappa shape index (κ2) is 7.41. The predicted octanol–water partition coefficient (Wildman–Crippen LogP) is 2.84. The molecule has 138 valence electrons. The van der Waals surface area contributed by atoms with Crippen LogP contribution in [0.3, 0.4) is 0 Å². The van der Waals surface area contributed by atoms with E-state index in [0.717, 1.165) is 10.6 Å². The third-order valence-corrected chi connectivity index (χ3v) is 4.42. The highest BCUT2D eigenvalue weighted by Crippen LogP contribution is 2.32. The quantitative estimate of drug-likeness (QED) is 0.631. The maximum Gasteiger partial charge on any atom is 0.346 e. The lowest BCUT2D eigenvalue weighted by Gasteiger charge is -2.24. The smallest absolute Gasteiger partial charge is 0.326 e. The molecule has 4 amide bonds. The van der Waals surface area contributed by atoms with E-state index < -0.39 is 17.5 Å². The fourth-order valence-corrected chi connectivity index (χ4v) is 3.01. The summed E-state index contributed by atoms with van der Waals surface area (Å²) in [5.41, 5.74) is 0.968. The molecule has 7 nitrogen and oxygen atoms in total. The summed E-state index contributed by atoms with van der Waals surface area (Å²) in [5, 5.41) is 10.4. The SMILES string of the molecule is CC[C@@]1(c2ccccc2)NC(=O)N(/N=C\c2ccc(NC(C)=O)cc2)C1=O. The molecule has 0 aliphatic carbocycles. The third kappa shape index (κ3) is 3.57. The lowest BCUT2D eigenvalue weighted by molar-refractivity contribution is -0.131. The summed E-state index contributed by atoms with van der Waals surface area (Å²) in [6.45, 7) is 3.28. The van der Waals surface area contributed by atoms with E-state index in [1.54, 1.807) is 24.3 Å². The fourth-order valence-electron chi connectivity index (χ4n) is 3.01. The van der Waals surface area contributed by atoms with E-state index >= 15 is 0 Å². The van der Waals surface area contributed by atoms with Gasteiger partial charge in [-0.3, -0.25) is 9.59 Å². The van der Waals surface area contributed by atoms with Crippen molar-refractivity contribution in [1.82, 2.24) is 10.3 Å². The van der Waals surface area contributed by atoms with Crippen molar-refractivity contribution in [2.24, 2.45) is 5.10 Å². The van der Waals surface area contributed by atoms with E-state index in [2.05, 4.69) is 15.7 Å². The molecule has 27 heavy (non-hydrogen) atoms. The van der Waals surface area contributed by atoms with Crippen molar-refractivity contribution in [2.75, 3.05) is 5.32 Å². The minimum absolute atomic E-state index is 0.160. The van der Waals surface area contributed by atoms with Gasteiger partial charge in [0.25, 0.3) is 5.91 Å². The van der Waals surface area contributed by atoms with Crippen molar-refractivity contribution >= 4 is 29.7 Å². The van der Waals surface area contributed by atoms with Crippen molar-refractivity contribution in [3.63, 3.8) is 0 Å². The van der Waals surface area contributed by atoms with E-state index in [4.69, 9.17) is 0 Å². The molecule has 1 saturated heterocycles. The van der Waals surface area contributed by atoms with Crippen LogP contribution in [0.4, 0.5) is 10.5 Å². The Morgan fingerprint density at radius 3 is 2.41 bits per heavy atom. The molecule has 2 aromatic carbocycles. The Kier molecular flexibility index (Phi) is 5.03. The van der Waals surface area contributed by atoms with E-state index in [9.17, 15) is 14.4 Å². The molecular weight excluding hydrogens is 344 g/mol. The molecule has 0 aromatic heterocycles. The van der Waals surface area contributed by atoms with Crippen molar-refractivity contribution in [3.8, 4) is 0 Å². The van der Waals surface area contributed by atoms with Gasteiger partial charge in [-0.15, -0.1) is 5.01 Å². The second-order valence-corrected chi connectivity index (χ2v) is 6.22. The summed E-state index contributed by atoms with van der Waals surface area (Å²) in [6, 6.07) is 15.5. The van der Waals surface area contributed by atoms with Crippen LogP contribution in [0.1, 0.15) is 31.4 Å². The first-order chi connectivity index (χ1) is 13.0. The average Bonchev–Trinajstić information content (AvgIpc) is 2.92. The zero-order valence-electron chi connectivity index (χ0n) is 15.1. The predicted molar refractivity (Wildman–Crippen MR) is 102 cm³/mol. The van der Waals surface area contributed by atoms with Crippen LogP contribution in [-0.4, -0.2) is 29.1 Å². The fraction of sp³-hybridized carbons (Fsp3) is 0.200. The van der Waals surface area contributed by atoms with Gasteiger partial charge in [0.15, 0.2) is 0 Å². The average molecular weight is 364 g/mol. The Bertz CT molecular complexity index is 893. The van der Waals surface area contributed by atoms with Gasteiger partial charge in [-0.1, -0.05) is 49.4 Å². The van der Waals surface area contributed by atoms with Gasteiger partial charge < -0.3 is 10.6 Å². The highest BCUT2D eigenvalue weighted by atomic mass is 16.2. The van der Waals surface area contributed by atoms with Crippen molar-refractivity contribution in [2.45, 2.75) is 25.8 Å². The highest BCUT2D eigenvalue weighted by Gasteiger charge is 2.51. The van der Waals surface area contributed by atoms with Gasteiger partial charge in [-0.25, -0.2) is 4.79 Å². The minimum atomic E-state index is -1.11. The molecule has 1 heterocycles. The van der Waals surface area contributed by atoms with Gasteiger partial charge in [-0.2, -0.15) is 5.10 Å². The lowest BCUT2D eigenvalue weighted by Crippen LogP contribution is -2.43. The summed E-state index contributed by atoms with van der Waals surface area (Å²) >= 11 is 0. The number of hydrogen-bond donors (Lipinski definition) is 2. The van der Waals surface area contributed by atoms with Crippen LogP contribution in [-0.2, 0) is 15.1 Å². The summed E-state index contributed by atoms with van der Waals surface area (Å²) in [6.07, 6.45) is 1.85. The molecular formula is C20H20N4O3. The van der Waals surface area contributed by atoms with Crippen LogP contribution in [0.15, 0.2) is 59.7 Å². The minimum Gasteiger partial charge on any atom is -0.326 e. The summed E-state index contributed by atoms with van der Waals surface area (Å²) in [5.74, 6) is -0.570. The molecule has 0 unspecified atom stereocenters. The Balaban J connectivity index is 1.81. The molecule has 1 fully saturated rings. The number of carbonyl (C=O) groups excluding carboxylic acids is 3. The molecule has 2 aromatic rings. The van der Waals surface area contributed by atoms with Gasteiger partial charge in [0.2, 0.25) is 5.91 Å². The third-order valence-electron chi connectivity index (χ3n) is 4.42. The topological polar surface area (TPSA) is 90.9 Å². The highest BCUT2D eigenvalue weighted by molar-refractivity contribution is 6.07. The molecule has 0 spiro atoms. The van der Waals surface area contributed by atoms with Gasteiger partial charge in [-0.05, 0) is 29.7 Å². The zero-order chi connectivity index (χ0) is 19.4. The number of rotatable bonds is 5. The molecule has 7 heteroatoms. The van der Waals surface area contributed by atoms with Gasteiger partial charge in [0.1, 0.15) is 5.54 Å². The summed E-state index contributed by atoms with van der Waals surface area (Å²) in [4.78, 5) is 36.4. The first kappa shape index (κ1) is 18.3. The van der Waals surface area contributed by atoms with Crippen molar-refractivity contribution in [1.29, 1.82) is 0 Å². The normalized spacial score (nSPS) is 19.4. The standard InChI is InChI=1S/C20H20N4O3/c1-3-20(16-7-5-4-6-8-16)18(26)24(19(27)23-20)21-13-15-9-11-17(12-10-15)22-14(2)25/h4-13H,3H2,1-2H3,(H,22,25)(H,23,27)/b21-13-/t20-/m0/s1. The first-order valence-corrected chi connectivity index (χ1v) is 8.60. The van der Waals surface area contributed by atoms with E-state index in [1.807, 2.05) is 37.3 Å². The van der Waals surface area contributed by atoms with E-state index in [0.29, 0.717) is 17.7 Å². The lowest BCUT2D eigenvalue weighted by atomic mass is 9.87. The Morgan fingerprint density at radius 1 is 1.15 bits per heavy atom.